The lowest BCUT2D eigenvalue weighted by atomic mass is 9.98. The lowest BCUT2D eigenvalue weighted by molar-refractivity contribution is -0.149. The van der Waals surface area contributed by atoms with E-state index in [1.54, 1.807) is 32.0 Å². The van der Waals surface area contributed by atoms with Crippen molar-refractivity contribution in [3.8, 4) is 5.75 Å². The van der Waals surface area contributed by atoms with Crippen LogP contribution in [0.25, 0.3) is 11.2 Å². The molecule has 1 amide bonds. The second kappa shape index (κ2) is 15.6. The van der Waals surface area contributed by atoms with Crippen molar-refractivity contribution in [2.45, 2.75) is 90.1 Å². The van der Waals surface area contributed by atoms with Crippen LogP contribution in [-0.4, -0.2) is 87.0 Å². The van der Waals surface area contributed by atoms with Crippen LogP contribution in [0.1, 0.15) is 60.1 Å². The van der Waals surface area contributed by atoms with Gasteiger partial charge in [-0.15, -0.1) is 0 Å². The molecular weight excluding hydrogens is 652 g/mol. The van der Waals surface area contributed by atoms with E-state index in [9.17, 15) is 19.3 Å². The van der Waals surface area contributed by atoms with E-state index in [0.717, 1.165) is 24.7 Å². The smallest absolute Gasteiger partial charge is 0.459 e. The first-order valence-corrected chi connectivity index (χ1v) is 17.1. The summed E-state index contributed by atoms with van der Waals surface area (Å²) in [5.74, 6) is -0.765. The molecule has 1 aliphatic rings. The number of aromatic nitrogens is 4. The van der Waals surface area contributed by atoms with Gasteiger partial charge in [0.15, 0.2) is 28.9 Å². The number of carbonyl (C=O) groups is 2. The Bertz CT molecular complexity index is 1610. The molecule has 48 heavy (non-hydrogen) atoms. The summed E-state index contributed by atoms with van der Waals surface area (Å²) in [6.45, 7) is 7.48. The Hall–Kier alpha value is -3.89. The third kappa shape index (κ3) is 8.57. The van der Waals surface area contributed by atoms with Crippen molar-refractivity contribution in [3.63, 3.8) is 0 Å². The molecule has 0 unspecified atom stereocenters. The number of aliphatic hydroxyl groups excluding tert-OH is 1. The number of aliphatic hydroxyl groups is 1. The van der Waals surface area contributed by atoms with E-state index >= 15 is 4.39 Å². The second-order valence-corrected chi connectivity index (χ2v) is 13.5. The van der Waals surface area contributed by atoms with Crippen LogP contribution in [0.4, 0.5) is 21.0 Å². The zero-order valence-electron chi connectivity index (χ0n) is 27.7. The molecule has 2 aromatic heterocycles. The maximum Gasteiger partial charge on any atom is 0.459 e. The van der Waals surface area contributed by atoms with Gasteiger partial charge >= 0.3 is 19.8 Å². The molecule has 0 radical (unpaired) electrons. The number of hydrogen-bond acceptors (Lipinski definition) is 13. The van der Waals surface area contributed by atoms with E-state index in [-0.39, 0.29) is 35.3 Å². The van der Waals surface area contributed by atoms with E-state index in [4.69, 9.17) is 29.0 Å². The lowest BCUT2D eigenvalue weighted by Crippen LogP contribution is -2.41. The van der Waals surface area contributed by atoms with Crippen molar-refractivity contribution in [3.05, 3.63) is 36.7 Å². The van der Waals surface area contributed by atoms with Crippen LogP contribution in [0.15, 0.2) is 36.7 Å². The van der Waals surface area contributed by atoms with Crippen molar-refractivity contribution < 1.29 is 46.9 Å². The topological polar surface area (TPSA) is 202 Å². The highest BCUT2D eigenvalue weighted by molar-refractivity contribution is 7.52. The van der Waals surface area contributed by atoms with Crippen molar-refractivity contribution >= 4 is 42.7 Å². The van der Waals surface area contributed by atoms with Gasteiger partial charge < -0.3 is 29.6 Å². The zero-order valence-corrected chi connectivity index (χ0v) is 28.6. The molecule has 3 heterocycles. The highest BCUT2D eigenvalue weighted by Gasteiger charge is 2.56. The molecule has 18 heteroatoms. The molecule has 1 aromatic carbocycles. The van der Waals surface area contributed by atoms with Crippen molar-refractivity contribution in [2.75, 3.05) is 30.9 Å². The predicted octanol–water partition coefficient (Wildman–Crippen LogP) is 4.29. The highest BCUT2D eigenvalue weighted by Crippen LogP contribution is 2.48. The van der Waals surface area contributed by atoms with Crippen molar-refractivity contribution in [2.24, 2.45) is 0 Å². The van der Waals surface area contributed by atoms with Crippen molar-refractivity contribution in [1.82, 2.24) is 24.6 Å². The number of halogens is 1. The average molecular weight is 696 g/mol. The van der Waals surface area contributed by atoms with Gasteiger partial charge in [0, 0.05) is 7.05 Å². The summed E-state index contributed by atoms with van der Waals surface area (Å²) in [7, 11) is -2.92. The normalized spacial score (nSPS) is 22.7. The molecule has 0 spiro atoms. The van der Waals surface area contributed by atoms with Gasteiger partial charge in [0.1, 0.15) is 24.0 Å². The van der Waals surface area contributed by atoms with E-state index in [2.05, 4.69) is 20.0 Å². The number of imidazole rings is 1. The monoisotopic (exact) mass is 695 g/mol. The van der Waals surface area contributed by atoms with Crippen LogP contribution in [0.2, 0.25) is 0 Å². The zero-order chi connectivity index (χ0) is 35.2. The van der Waals surface area contributed by atoms with Crippen LogP contribution >= 0.6 is 7.75 Å². The van der Waals surface area contributed by atoms with E-state index < -0.39 is 62.7 Å². The first-order valence-electron chi connectivity index (χ1n) is 15.6. The first kappa shape index (κ1) is 36.9. The fraction of sp³-hybridized carbons (Fsp3) is 0.567. The average Bonchev–Trinajstić information content (AvgIpc) is 3.54. The summed E-state index contributed by atoms with van der Waals surface area (Å²) >= 11 is 0. The second-order valence-electron chi connectivity index (χ2n) is 11.8. The Morgan fingerprint density at radius 2 is 1.94 bits per heavy atom. The van der Waals surface area contributed by atoms with Gasteiger partial charge in [0.25, 0.3) is 0 Å². The fourth-order valence-corrected chi connectivity index (χ4v) is 6.38. The minimum Gasteiger partial charge on any atom is -0.462 e. The van der Waals surface area contributed by atoms with Gasteiger partial charge in [-0.05, 0) is 46.2 Å². The van der Waals surface area contributed by atoms with Gasteiger partial charge in [-0.25, -0.2) is 18.7 Å². The van der Waals surface area contributed by atoms with Gasteiger partial charge in [-0.3, -0.25) is 18.8 Å². The number of carbonyl (C=O) groups excluding carboxylic acids is 2. The number of nitrogen functional groups attached to an aromatic ring is 1. The van der Waals surface area contributed by atoms with Gasteiger partial charge in [-0.1, -0.05) is 38.0 Å². The quantitative estimate of drug-likeness (QED) is 0.115. The Morgan fingerprint density at radius 3 is 2.60 bits per heavy atom. The molecule has 0 aliphatic carbocycles. The number of amides is 1. The number of ether oxygens (including phenoxy) is 3. The maximum absolute atomic E-state index is 16.3. The molecule has 3 aromatic rings. The molecule has 264 valence electrons. The fourth-order valence-electron chi connectivity index (χ4n) is 4.87. The number of rotatable bonds is 15. The third-order valence-corrected chi connectivity index (χ3v) is 9.03. The summed E-state index contributed by atoms with van der Waals surface area (Å²) in [4.78, 5) is 38.9. The Balaban J connectivity index is 1.56. The number of alkyl halides is 1. The minimum absolute atomic E-state index is 0.0167. The van der Waals surface area contributed by atoms with Gasteiger partial charge in [0.2, 0.25) is 5.95 Å². The first-order chi connectivity index (χ1) is 22.7. The lowest BCUT2D eigenvalue weighted by Gasteiger charge is -2.25. The number of benzene rings is 1. The molecule has 0 bridgehead atoms. The maximum atomic E-state index is 16.3. The number of fused-ring (bicyclic) bond motifs is 1. The summed E-state index contributed by atoms with van der Waals surface area (Å²) in [5, 5.41) is 13.6. The molecule has 4 N–H and O–H groups in total. The molecular formula is C30H43FN7O9P. The molecule has 1 saturated heterocycles. The summed E-state index contributed by atoms with van der Waals surface area (Å²) < 4.78 is 59.1. The molecule has 0 saturated carbocycles. The number of anilines is 2. The third-order valence-electron chi connectivity index (χ3n) is 7.39. The van der Waals surface area contributed by atoms with Crippen LogP contribution < -0.4 is 20.2 Å². The van der Waals surface area contributed by atoms with Crippen LogP contribution in [0.3, 0.4) is 0 Å². The number of nitrogens with two attached hydrogens (primary N) is 1. The molecule has 6 atom stereocenters. The van der Waals surface area contributed by atoms with E-state index in [0.29, 0.717) is 6.42 Å². The molecule has 1 aliphatic heterocycles. The SMILES string of the molecule is CCCCCOC(=O)N(C)c1nc(N)nc2c1ncn2[C@@H]1O[C@H](CO[P@](=O)(N[C@@H](C)C(=O)OC(C)C)Oc2ccccc2)[C@@H](O)[C@@]1(C)F. The number of nitrogens with one attached hydrogen (secondary N) is 1. The highest BCUT2D eigenvalue weighted by atomic mass is 31.2. The summed E-state index contributed by atoms with van der Waals surface area (Å²) in [5.41, 5.74) is 3.62. The predicted molar refractivity (Wildman–Crippen MR) is 173 cm³/mol. The number of hydrogen-bond donors (Lipinski definition) is 3. The number of unbranched alkanes of at least 4 members (excludes halogenated alkanes) is 2. The summed E-state index contributed by atoms with van der Waals surface area (Å²) in [6.07, 6.45) is -2.06. The number of nitrogens with zero attached hydrogens (tertiary/aromatic N) is 5. The minimum atomic E-state index is -4.35. The van der Waals surface area contributed by atoms with Crippen LogP contribution in [0, 0.1) is 0 Å². The van der Waals surface area contributed by atoms with Crippen LogP contribution in [0.5, 0.6) is 5.75 Å². The van der Waals surface area contributed by atoms with Crippen LogP contribution in [-0.2, 0) is 28.1 Å². The Morgan fingerprint density at radius 1 is 1.23 bits per heavy atom. The number of esters is 1. The number of para-hydroxylation sites is 1. The van der Waals surface area contributed by atoms with Crippen molar-refractivity contribution in [1.29, 1.82) is 0 Å². The van der Waals surface area contributed by atoms with E-state index in [1.165, 1.54) is 37.0 Å². The van der Waals surface area contributed by atoms with E-state index in [1.807, 2.05) is 6.92 Å². The molecule has 4 rings (SSSR count). The molecule has 1 fully saturated rings. The standard InChI is InChI=1S/C30H43FN7O9P/c1-7-8-12-15-43-29(41)37(6)24-22-25(35-28(32)34-24)38(17-33-22)27-30(5,31)23(39)21(46-27)16-44-48(42,47-20-13-10-9-11-14-20)36-19(4)26(40)45-18(2)3/h9-11,13-14,17-19,21,23,27,39H,7-8,12,15-16H2,1-6H3,(H,36,42)(H2,32,34,35)/t19-,21+,23+,27+,30+,48+/m0/s1. The largest absolute Gasteiger partial charge is 0.462 e. The van der Waals surface area contributed by atoms with Gasteiger partial charge in [0.05, 0.1) is 25.6 Å². The summed E-state index contributed by atoms with van der Waals surface area (Å²) in [6, 6.07) is 6.94. The Kier molecular flexibility index (Phi) is 12.0. The van der Waals surface area contributed by atoms with Gasteiger partial charge in [-0.2, -0.15) is 15.1 Å². The Labute approximate surface area is 277 Å². The molecule has 16 nitrogen and oxygen atoms in total.